The van der Waals surface area contributed by atoms with Crippen LogP contribution in [0.2, 0.25) is 0 Å². The number of rotatable bonds is 5. The van der Waals surface area contributed by atoms with Crippen LogP contribution in [0, 0.1) is 0 Å². The van der Waals surface area contributed by atoms with Crippen molar-refractivity contribution in [2.24, 2.45) is 0 Å². The molecule has 0 N–H and O–H groups in total. The molecule has 0 saturated carbocycles. The second kappa shape index (κ2) is 5.49. The van der Waals surface area contributed by atoms with Crippen molar-refractivity contribution in [2.75, 3.05) is 0 Å². The van der Waals surface area contributed by atoms with Crippen molar-refractivity contribution >= 4 is 11.6 Å². The molecule has 0 spiro atoms. The van der Waals surface area contributed by atoms with Crippen molar-refractivity contribution in [1.29, 1.82) is 0 Å². The topological polar surface area (TPSA) is 0 Å². The van der Waals surface area contributed by atoms with Gasteiger partial charge in [-0.2, -0.15) is 0 Å². The average Bonchev–Trinajstić information content (AvgIpc) is 2.43. The molecule has 1 heteroatoms. The highest BCUT2D eigenvalue weighted by Gasteiger charge is 2.11. The summed E-state index contributed by atoms with van der Waals surface area (Å²) in [4.78, 5) is 0. The lowest BCUT2D eigenvalue weighted by molar-refractivity contribution is 0.661. The first-order valence-corrected chi connectivity index (χ1v) is 5.68. The summed E-state index contributed by atoms with van der Waals surface area (Å²) in [5.41, 5.74) is 2.72. The molecule has 13 heavy (non-hydrogen) atoms. The molecule has 0 amide bonds. The highest BCUT2D eigenvalue weighted by molar-refractivity contribution is 6.32. The van der Waals surface area contributed by atoms with E-state index in [-0.39, 0.29) is 0 Å². The van der Waals surface area contributed by atoms with Gasteiger partial charge in [-0.1, -0.05) is 43.9 Å². The maximum absolute atomic E-state index is 6.15. The second-order valence-electron chi connectivity index (χ2n) is 3.82. The number of halogens is 1. The average molecular weight is 199 g/mol. The van der Waals surface area contributed by atoms with Gasteiger partial charge in [-0.3, -0.25) is 0 Å². The SMILES string of the molecule is CCCCCCC1=C(Cl)C(C)=CC1. The lowest BCUT2D eigenvalue weighted by atomic mass is 10.1. The van der Waals surface area contributed by atoms with Crippen molar-refractivity contribution in [1.82, 2.24) is 0 Å². The van der Waals surface area contributed by atoms with E-state index in [4.69, 9.17) is 11.6 Å². The predicted octanol–water partition coefficient (Wildman–Crippen LogP) is 4.80. The summed E-state index contributed by atoms with van der Waals surface area (Å²) in [6, 6.07) is 0. The molecule has 0 heterocycles. The van der Waals surface area contributed by atoms with E-state index in [1.165, 1.54) is 43.3 Å². The molecule has 1 aliphatic rings. The Morgan fingerprint density at radius 1 is 1.31 bits per heavy atom. The fourth-order valence-electron chi connectivity index (χ4n) is 1.71. The Morgan fingerprint density at radius 2 is 2.08 bits per heavy atom. The highest BCUT2D eigenvalue weighted by Crippen LogP contribution is 2.31. The van der Waals surface area contributed by atoms with E-state index < -0.39 is 0 Å². The summed E-state index contributed by atoms with van der Waals surface area (Å²) in [7, 11) is 0. The minimum absolute atomic E-state index is 1.04. The molecule has 74 valence electrons. The summed E-state index contributed by atoms with van der Waals surface area (Å²) >= 11 is 6.15. The summed E-state index contributed by atoms with van der Waals surface area (Å²) in [5, 5.41) is 1.04. The van der Waals surface area contributed by atoms with E-state index in [0.29, 0.717) is 0 Å². The van der Waals surface area contributed by atoms with Gasteiger partial charge >= 0.3 is 0 Å². The Labute approximate surface area is 86.7 Å². The molecule has 0 aromatic carbocycles. The third-order valence-electron chi connectivity index (χ3n) is 2.64. The van der Waals surface area contributed by atoms with Crippen LogP contribution in [-0.4, -0.2) is 0 Å². The second-order valence-corrected chi connectivity index (χ2v) is 4.20. The van der Waals surface area contributed by atoms with Crippen molar-refractivity contribution in [3.8, 4) is 0 Å². The maximum atomic E-state index is 6.15. The monoisotopic (exact) mass is 198 g/mol. The van der Waals surface area contributed by atoms with Crippen LogP contribution in [0.3, 0.4) is 0 Å². The number of unbranched alkanes of at least 4 members (excludes halogenated alkanes) is 3. The number of allylic oxidation sites excluding steroid dienone is 4. The molecule has 1 aliphatic carbocycles. The molecule has 0 unspecified atom stereocenters. The first kappa shape index (κ1) is 10.8. The third kappa shape index (κ3) is 3.19. The lowest BCUT2D eigenvalue weighted by Crippen LogP contribution is -1.83. The summed E-state index contributed by atoms with van der Waals surface area (Å²) in [5.74, 6) is 0. The van der Waals surface area contributed by atoms with Crippen molar-refractivity contribution in [3.63, 3.8) is 0 Å². The van der Waals surface area contributed by atoms with Gasteiger partial charge < -0.3 is 0 Å². The minimum Gasteiger partial charge on any atom is -0.0841 e. The fraction of sp³-hybridized carbons (Fsp3) is 0.667. The quantitative estimate of drug-likeness (QED) is 0.557. The maximum Gasteiger partial charge on any atom is 0.0427 e. The lowest BCUT2D eigenvalue weighted by Gasteiger charge is -2.02. The van der Waals surface area contributed by atoms with Crippen LogP contribution in [-0.2, 0) is 0 Å². The first-order valence-electron chi connectivity index (χ1n) is 5.30. The summed E-state index contributed by atoms with van der Waals surface area (Å²) in [6.07, 6.45) is 9.85. The molecule has 0 bridgehead atoms. The van der Waals surface area contributed by atoms with Crippen molar-refractivity contribution < 1.29 is 0 Å². The van der Waals surface area contributed by atoms with Gasteiger partial charge in [-0.05, 0) is 37.3 Å². The van der Waals surface area contributed by atoms with Gasteiger partial charge in [-0.25, -0.2) is 0 Å². The molecule has 0 radical (unpaired) electrons. The van der Waals surface area contributed by atoms with Crippen LogP contribution in [0.1, 0.15) is 52.4 Å². The van der Waals surface area contributed by atoms with Crippen LogP contribution in [0.5, 0.6) is 0 Å². The Hall–Kier alpha value is -0.230. The van der Waals surface area contributed by atoms with E-state index in [1.54, 1.807) is 0 Å². The van der Waals surface area contributed by atoms with Gasteiger partial charge in [0.25, 0.3) is 0 Å². The zero-order valence-electron chi connectivity index (χ0n) is 8.70. The fourth-order valence-corrected chi connectivity index (χ4v) is 1.96. The largest absolute Gasteiger partial charge is 0.0841 e. The minimum atomic E-state index is 1.04. The van der Waals surface area contributed by atoms with Crippen LogP contribution < -0.4 is 0 Å². The van der Waals surface area contributed by atoms with E-state index >= 15 is 0 Å². The van der Waals surface area contributed by atoms with Gasteiger partial charge in [0, 0.05) is 5.03 Å². The van der Waals surface area contributed by atoms with Crippen LogP contribution >= 0.6 is 11.6 Å². The Balaban J connectivity index is 2.24. The number of hydrogen-bond acceptors (Lipinski definition) is 0. The molecule has 1 rings (SSSR count). The first-order chi connectivity index (χ1) is 6.25. The molecule has 0 aromatic rings. The molecule has 0 saturated heterocycles. The van der Waals surface area contributed by atoms with Crippen LogP contribution in [0.4, 0.5) is 0 Å². The molecular weight excluding hydrogens is 180 g/mol. The molecule has 0 atom stereocenters. The van der Waals surface area contributed by atoms with E-state index in [0.717, 1.165) is 11.5 Å². The Kier molecular flexibility index (Phi) is 4.58. The van der Waals surface area contributed by atoms with Gasteiger partial charge in [0.2, 0.25) is 0 Å². The normalized spacial score (nSPS) is 16.7. The van der Waals surface area contributed by atoms with Gasteiger partial charge in [0.05, 0.1) is 0 Å². The molecular formula is C12H19Cl. The van der Waals surface area contributed by atoms with Crippen molar-refractivity contribution in [2.45, 2.75) is 52.4 Å². The highest BCUT2D eigenvalue weighted by atomic mass is 35.5. The van der Waals surface area contributed by atoms with Gasteiger partial charge in [0.1, 0.15) is 0 Å². The van der Waals surface area contributed by atoms with E-state index in [9.17, 15) is 0 Å². The van der Waals surface area contributed by atoms with Gasteiger partial charge in [0.15, 0.2) is 0 Å². The zero-order valence-corrected chi connectivity index (χ0v) is 9.45. The number of hydrogen-bond donors (Lipinski definition) is 0. The molecule has 0 aliphatic heterocycles. The van der Waals surface area contributed by atoms with Gasteiger partial charge in [-0.15, -0.1) is 0 Å². The zero-order chi connectivity index (χ0) is 9.68. The van der Waals surface area contributed by atoms with Crippen LogP contribution in [0.15, 0.2) is 22.3 Å². The Bertz CT molecular complexity index is 223. The predicted molar refractivity (Wildman–Crippen MR) is 60.0 cm³/mol. The third-order valence-corrected chi connectivity index (χ3v) is 3.21. The molecule has 0 nitrogen and oxygen atoms in total. The standard InChI is InChI=1S/C12H19Cl/c1-3-4-5-6-7-11-9-8-10(2)12(11)13/h8H,3-7,9H2,1-2H3. The van der Waals surface area contributed by atoms with Crippen LogP contribution in [0.25, 0.3) is 0 Å². The molecule has 0 aromatic heterocycles. The van der Waals surface area contributed by atoms with E-state index in [1.807, 2.05) is 0 Å². The smallest absolute Gasteiger partial charge is 0.0427 e. The van der Waals surface area contributed by atoms with E-state index in [2.05, 4.69) is 19.9 Å². The summed E-state index contributed by atoms with van der Waals surface area (Å²) in [6.45, 7) is 4.34. The van der Waals surface area contributed by atoms with Crippen molar-refractivity contribution in [3.05, 3.63) is 22.3 Å². The Morgan fingerprint density at radius 3 is 2.62 bits per heavy atom. The molecule has 0 fully saturated rings. The summed E-state index contributed by atoms with van der Waals surface area (Å²) < 4.78 is 0.